The van der Waals surface area contributed by atoms with E-state index in [2.05, 4.69) is 18.7 Å². The molecule has 1 atom stereocenters. The lowest BCUT2D eigenvalue weighted by molar-refractivity contribution is -0.134. The topological polar surface area (TPSA) is 40.5 Å². The number of likely N-dealkylation sites (tertiary alicyclic amines) is 1. The molecule has 120 valence electrons. The normalized spacial score (nSPS) is 18.6. The van der Waals surface area contributed by atoms with Crippen molar-refractivity contribution in [2.75, 3.05) is 13.1 Å². The van der Waals surface area contributed by atoms with E-state index in [-0.39, 0.29) is 0 Å². The zero-order valence-electron chi connectivity index (χ0n) is 13.9. The number of carboxylic acid groups (broad SMARTS) is 1. The third kappa shape index (κ3) is 11.3. The number of unbranched alkanes of at least 4 members (excludes halogenated alkanes) is 6. The molecule has 1 saturated heterocycles. The molecule has 1 aliphatic heterocycles. The van der Waals surface area contributed by atoms with Gasteiger partial charge in [0.2, 0.25) is 0 Å². The van der Waals surface area contributed by atoms with Gasteiger partial charge in [0.15, 0.2) is 0 Å². The zero-order valence-corrected chi connectivity index (χ0v) is 13.9. The van der Waals surface area contributed by atoms with Gasteiger partial charge < -0.3 is 10.0 Å². The third-order valence-corrected chi connectivity index (χ3v) is 4.02. The second kappa shape index (κ2) is 13.4. The van der Waals surface area contributed by atoms with Crippen molar-refractivity contribution in [2.45, 2.75) is 91.0 Å². The second-order valence-corrected chi connectivity index (χ2v) is 5.88. The molecule has 0 amide bonds. The minimum Gasteiger partial charge on any atom is -0.481 e. The third-order valence-electron chi connectivity index (χ3n) is 4.02. The van der Waals surface area contributed by atoms with Crippen LogP contribution < -0.4 is 0 Å². The van der Waals surface area contributed by atoms with Crippen LogP contribution >= 0.6 is 0 Å². The number of carbonyl (C=O) groups is 1. The van der Waals surface area contributed by atoms with Crippen LogP contribution in [0, 0.1) is 0 Å². The molecule has 0 aliphatic carbocycles. The maximum Gasteiger partial charge on any atom is 0.300 e. The highest BCUT2D eigenvalue weighted by atomic mass is 16.4. The Kier molecular flexibility index (Phi) is 13.0. The molecule has 1 heterocycles. The highest BCUT2D eigenvalue weighted by Gasteiger charge is 2.21. The van der Waals surface area contributed by atoms with Crippen molar-refractivity contribution in [1.29, 1.82) is 0 Å². The summed E-state index contributed by atoms with van der Waals surface area (Å²) in [5.41, 5.74) is 0. The fraction of sp³-hybridized carbons (Fsp3) is 0.941. The van der Waals surface area contributed by atoms with E-state index in [1.807, 2.05) is 0 Å². The van der Waals surface area contributed by atoms with Crippen LogP contribution in [0.5, 0.6) is 0 Å². The smallest absolute Gasteiger partial charge is 0.300 e. The SMILES string of the molecule is CC(=O)O.CCCCCCCCCN1CCCC1CC. The maximum absolute atomic E-state index is 9.00. The van der Waals surface area contributed by atoms with Gasteiger partial charge in [-0.25, -0.2) is 0 Å². The summed E-state index contributed by atoms with van der Waals surface area (Å²) in [5, 5.41) is 7.42. The molecule has 0 aromatic rings. The van der Waals surface area contributed by atoms with Crippen molar-refractivity contribution in [3.05, 3.63) is 0 Å². The van der Waals surface area contributed by atoms with Crippen LogP contribution in [0.2, 0.25) is 0 Å². The average Bonchev–Trinajstić information content (AvgIpc) is 2.84. The predicted molar refractivity (Wildman–Crippen MR) is 86.2 cm³/mol. The number of hydrogen-bond acceptors (Lipinski definition) is 2. The average molecular weight is 285 g/mol. The number of carboxylic acids is 1. The second-order valence-electron chi connectivity index (χ2n) is 5.88. The van der Waals surface area contributed by atoms with Gasteiger partial charge in [0.1, 0.15) is 0 Å². The van der Waals surface area contributed by atoms with E-state index in [9.17, 15) is 0 Å². The lowest BCUT2D eigenvalue weighted by Gasteiger charge is -2.22. The van der Waals surface area contributed by atoms with Crippen molar-refractivity contribution in [3.63, 3.8) is 0 Å². The molecule has 0 bridgehead atoms. The van der Waals surface area contributed by atoms with Gasteiger partial charge >= 0.3 is 0 Å². The van der Waals surface area contributed by atoms with Gasteiger partial charge in [0, 0.05) is 13.0 Å². The first-order valence-electron chi connectivity index (χ1n) is 8.55. The molecular formula is C17H35NO2. The molecular weight excluding hydrogens is 250 g/mol. The highest BCUT2D eigenvalue weighted by molar-refractivity contribution is 5.62. The van der Waals surface area contributed by atoms with E-state index in [1.54, 1.807) is 0 Å². The number of rotatable bonds is 9. The number of aliphatic carboxylic acids is 1. The fourth-order valence-electron chi connectivity index (χ4n) is 2.92. The van der Waals surface area contributed by atoms with Crippen LogP contribution in [0.1, 0.15) is 85.0 Å². The van der Waals surface area contributed by atoms with Gasteiger partial charge in [-0.2, -0.15) is 0 Å². The molecule has 0 radical (unpaired) electrons. The van der Waals surface area contributed by atoms with E-state index in [1.165, 1.54) is 77.3 Å². The molecule has 3 heteroatoms. The number of hydrogen-bond donors (Lipinski definition) is 1. The summed E-state index contributed by atoms with van der Waals surface area (Å²) in [4.78, 5) is 11.7. The van der Waals surface area contributed by atoms with Crippen LogP contribution in [0.15, 0.2) is 0 Å². The first-order chi connectivity index (χ1) is 9.61. The van der Waals surface area contributed by atoms with E-state index in [0.717, 1.165) is 13.0 Å². The summed E-state index contributed by atoms with van der Waals surface area (Å²) in [6, 6.07) is 0.917. The summed E-state index contributed by atoms with van der Waals surface area (Å²) in [6.45, 7) is 8.45. The first-order valence-corrected chi connectivity index (χ1v) is 8.55. The Bertz CT molecular complexity index is 227. The summed E-state index contributed by atoms with van der Waals surface area (Å²) in [5.74, 6) is -0.833. The quantitative estimate of drug-likeness (QED) is 0.624. The summed E-state index contributed by atoms with van der Waals surface area (Å²) < 4.78 is 0. The zero-order chi connectivity index (χ0) is 15.2. The summed E-state index contributed by atoms with van der Waals surface area (Å²) in [6.07, 6.45) is 14.3. The fourth-order valence-corrected chi connectivity index (χ4v) is 2.92. The van der Waals surface area contributed by atoms with Gasteiger partial charge in [-0.1, -0.05) is 52.4 Å². The Morgan fingerprint density at radius 3 is 2.20 bits per heavy atom. The van der Waals surface area contributed by atoms with Crippen molar-refractivity contribution in [3.8, 4) is 0 Å². The van der Waals surface area contributed by atoms with Crippen LogP contribution in [-0.4, -0.2) is 35.1 Å². The number of nitrogens with zero attached hydrogens (tertiary/aromatic N) is 1. The molecule has 1 N–H and O–H groups in total. The van der Waals surface area contributed by atoms with Gasteiger partial charge in [-0.05, 0) is 38.8 Å². The van der Waals surface area contributed by atoms with Gasteiger partial charge in [0.05, 0.1) is 0 Å². The van der Waals surface area contributed by atoms with Gasteiger partial charge in [0.25, 0.3) is 5.97 Å². The molecule has 0 aromatic heterocycles. The van der Waals surface area contributed by atoms with Crippen molar-refractivity contribution in [2.24, 2.45) is 0 Å². The Hall–Kier alpha value is -0.570. The molecule has 0 saturated carbocycles. The van der Waals surface area contributed by atoms with Gasteiger partial charge in [-0.15, -0.1) is 0 Å². The van der Waals surface area contributed by atoms with Crippen LogP contribution in [0.3, 0.4) is 0 Å². The molecule has 3 nitrogen and oxygen atoms in total. The molecule has 1 unspecified atom stereocenters. The minimum atomic E-state index is -0.833. The maximum atomic E-state index is 9.00. The summed E-state index contributed by atoms with van der Waals surface area (Å²) >= 11 is 0. The molecule has 0 spiro atoms. The monoisotopic (exact) mass is 285 g/mol. The van der Waals surface area contributed by atoms with Crippen LogP contribution in [-0.2, 0) is 4.79 Å². The molecule has 0 aromatic carbocycles. The molecule has 1 fully saturated rings. The van der Waals surface area contributed by atoms with Crippen LogP contribution in [0.4, 0.5) is 0 Å². The Morgan fingerprint density at radius 1 is 1.10 bits per heavy atom. The minimum absolute atomic E-state index is 0.833. The largest absolute Gasteiger partial charge is 0.481 e. The van der Waals surface area contributed by atoms with Crippen molar-refractivity contribution in [1.82, 2.24) is 4.90 Å². The Labute approximate surface area is 125 Å². The summed E-state index contributed by atoms with van der Waals surface area (Å²) in [7, 11) is 0. The first kappa shape index (κ1) is 19.4. The standard InChI is InChI=1S/C15H31N.C2H4O2/c1-3-5-6-7-8-9-10-13-16-14-11-12-15(16)4-2;1-2(3)4/h15H,3-14H2,1-2H3;1H3,(H,3,4). The Morgan fingerprint density at radius 2 is 1.65 bits per heavy atom. The van der Waals surface area contributed by atoms with Crippen molar-refractivity contribution < 1.29 is 9.90 Å². The van der Waals surface area contributed by atoms with E-state index < -0.39 is 5.97 Å². The lowest BCUT2D eigenvalue weighted by atomic mass is 10.1. The lowest BCUT2D eigenvalue weighted by Crippen LogP contribution is -2.29. The Balaban J connectivity index is 0.000000796. The van der Waals surface area contributed by atoms with Gasteiger partial charge in [-0.3, -0.25) is 4.79 Å². The molecule has 20 heavy (non-hydrogen) atoms. The highest BCUT2D eigenvalue weighted by Crippen LogP contribution is 2.20. The van der Waals surface area contributed by atoms with E-state index >= 15 is 0 Å². The van der Waals surface area contributed by atoms with Crippen LogP contribution in [0.25, 0.3) is 0 Å². The molecule has 1 aliphatic rings. The predicted octanol–water partition coefficient (Wildman–Crippen LogP) is 4.70. The molecule has 1 rings (SSSR count). The van der Waals surface area contributed by atoms with Crippen molar-refractivity contribution >= 4 is 5.97 Å². The van der Waals surface area contributed by atoms with E-state index in [4.69, 9.17) is 9.90 Å². The van der Waals surface area contributed by atoms with E-state index in [0.29, 0.717) is 0 Å².